The highest BCUT2D eigenvalue weighted by Crippen LogP contribution is 2.39. The molecule has 132 valence electrons. The maximum atomic E-state index is 13.1. The zero-order valence-electron chi connectivity index (χ0n) is 12.6. The van der Waals surface area contributed by atoms with E-state index in [0.29, 0.717) is 10.0 Å². The number of benzene rings is 1. The van der Waals surface area contributed by atoms with Crippen LogP contribution in [0.25, 0.3) is 0 Å². The SMILES string of the molecule is Cl.FC(F)(F)c1ccc(Br)c([C@@H](c2cccs2)N2CCNCC2)c1. The number of thiophene rings is 1. The zero-order chi connectivity index (χ0) is 16.4. The van der Waals surface area contributed by atoms with Crippen LogP contribution in [0.2, 0.25) is 0 Å². The van der Waals surface area contributed by atoms with E-state index in [1.54, 1.807) is 11.3 Å². The highest BCUT2D eigenvalue weighted by molar-refractivity contribution is 9.10. The van der Waals surface area contributed by atoms with Crippen molar-refractivity contribution in [3.8, 4) is 0 Å². The zero-order valence-corrected chi connectivity index (χ0v) is 15.9. The van der Waals surface area contributed by atoms with Crippen LogP contribution < -0.4 is 5.32 Å². The van der Waals surface area contributed by atoms with E-state index < -0.39 is 11.7 Å². The van der Waals surface area contributed by atoms with Crippen LogP contribution in [-0.2, 0) is 6.18 Å². The Labute approximate surface area is 157 Å². The molecule has 0 saturated carbocycles. The van der Waals surface area contributed by atoms with E-state index in [2.05, 4.69) is 26.1 Å². The van der Waals surface area contributed by atoms with Gasteiger partial charge in [0.05, 0.1) is 11.6 Å². The highest BCUT2D eigenvalue weighted by Gasteiger charge is 2.33. The second-order valence-corrected chi connectivity index (χ2v) is 7.27. The second kappa shape index (κ2) is 8.19. The van der Waals surface area contributed by atoms with E-state index in [0.717, 1.165) is 37.1 Å². The molecule has 1 saturated heterocycles. The first kappa shape index (κ1) is 19.7. The predicted molar refractivity (Wildman–Crippen MR) is 97.0 cm³/mol. The number of rotatable bonds is 3. The van der Waals surface area contributed by atoms with Gasteiger partial charge >= 0.3 is 6.18 Å². The Morgan fingerprint density at radius 2 is 1.88 bits per heavy atom. The number of alkyl halides is 3. The van der Waals surface area contributed by atoms with Gasteiger partial charge in [-0.1, -0.05) is 22.0 Å². The minimum absolute atomic E-state index is 0. The normalized spacial score (nSPS) is 17.3. The van der Waals surface area contributed by atoms with E-state index in [1.165, 1.54) is 12.1 Å². The summed E-state index contributed by atoms with van der Waals surface area (Å²) in [6, 6.07) is 7.67. The van der Waals surface area contributed by atoms with Crippen molar-refractivity contribution in [3.05, 3.63) is 56.2 Å². The lowest BCUT2D eigenvalue weighted by molar-refractivity contribution is -0.137. The number of hydrogen-bond acceptors (Lipinski definition) is 3. The average molecular weight is 442 g/mol. The summed E-state index contributed by atoms with van der Waals surface area (Å²) in [6.07, 6.45) is -4.33. The van der Waals surface area contributed by atoms with Gasteiger partial charge in [-0.25, -0.2) is 0 Å². The van der Waals surface area contributed by atoms with Gasteiger partial charge in [-0.2, -0.15) is 13.2 Å². The Morgan fingerprint density at radius 3 is 2.46 bits per heavy atom. The molecule has 8 heteroatoms. The highest BCUT2D eigenvalue weighted by atomic mass is 79.9. The molecule has 2 heterocycles. The lowest BCUT2D eigenvalue weighted by Crippen LogP contribution is -2.45. The van der Waals surface area contributed by atoms with E-state index in [-0.39, 0.29) is 18.4 Å². The molecule has 1 aromatic heterocycles. The molecule has 0 unspecified atom stereocenters. The quantitative estimate of drug-likeness (QED) is 0.725. The fraction of sp³-hybridized carbons (Fsp3) is 0.375. The number of halogens is 5. The van der Waals surface area contributed by atoms with Crippen LogP contribution in [0.3, 0.4) is 0 Å². The largest absolute Gasteiger partial charge is 0.416 e. The van der Waals surface area contributed by atoms with Crippen LogP contribution >= 0.6 is 39.7 Å². The molecule has 2 aromatic rings. The van der Waals surface area contributed by atoms with Crippen LogP contribution in [-0.4, -0.2) is 31.1 Å². The van der Waals surface area contributed by atoms with Crippen molar-refractivity contribution in [2.45, 2.75) is 12.2 Å². The van der Waals surface area contributed by atoms with Gasteiger partial charge < -0.3 is 5.32 Å². The van der Waals surface area contributed by atoms with E-state index in [9.17, 15) is 13.2 Å². The second-order valence-electron chi connectivity index (χ2n) is 5.44. The van der Waals surface area contributed by atoms with Gasteiger partial charge in [0.15, 0.2) is 0 Å². The Hall–Kier alpha value is -0.600. The molecular formula is C16H17BrClF3N2S. The molecule has 24 heavy (non-hydrogen) atoms. The first-order valence-corrected chi connectivity index (χ1v) is 8.99. The van der Waals surface area contributed by atoms with Gasteiger partial charge in [0.2, 0.25) is 0 Å². The topological polar surface area (TPSA) is 15.3 Å². The number of hydrogen-bond donors (Lipinski definition) is 1. The summed E-state index contributed by atoms with van der Waals surface area (Å²) in [5, 5.41) is 5.25. The number of nitrogens with one attached hydrogen (secondary N) is 1. The summed E-state index contributed by atoms with van der Waals surface area (Å²) in [5.41, 5.74) is 0.0663. The minimum Gasteiger partial charge on any atom is -0.314 e. The van der Waals surface area contributed by atoms with Gasteiger partial charge in [0, 0.05) is 35.5 Å². The summed E-state index contributed by atoms with van der Waals surface area (Å²) in [7, 11) is 0. The lowest BCUT2D eigenvalue weighted by atomic mass is 10.00. The van der Waals surface area contributed by atoms with Gasteiger partial charge in [-0.15, -0.1) is 23.7 Å². The molecule has 3 rings (SSSR count). The van der Waals surface area contributed by atoms with Crippen molar-refractivity contribution in [2.24, 2.45) is 0 Å². The number of piperazine rings is 1. The van der Waals surface area contributed by atoms with Crippen molar-refractivity contribution >= 4 is 39.7 Å². The molecule has 1 N–H and O–H groups in total. The molecule has 1 aromatic carbocycles. The molecule has 1 atom stereocenters. The summed E-state index contributed by atoms with van der Waals surface area (Å²) >= 11 is 5.02. The standard InChI is InChI=1S/C16H16BrF3N2S.ClH/c17-13-4-3-11(16(18,19)20)10-12(13)15(14-2-1-9-23-14)22-7-5-21-6-8-22;/h1-4,9-10,15,21H,5-8H2;1H/t15-;/m0./s1. The molecule has 1 aliphatic rings. The van der Waals surface area contributed by atoms with E-state index >= 15 is 0 Å². The van der Waals surface area contributed by atoms with Crippen LogP contribution in [0.1, 0.15) is 22.0 Å². The van der Waals surface area contributed by atoms with Crippen molar-refractivity contribution in [2.75, 3.05) is 26.2 Å². The Morgan fingerprint density at radius 1 is 1.17 bits per heavy atom. The van der Waals surface area contributed by atoms with Crippen LogP contribution in [0.15, 0.2) is 40.2 Å². The predicted octanol–water partition coefficient (Wildman–Crippen LogP) is 4.95. The first-order chi connectivity index (χ1) is 11.0. The van der Waals surface area contributed by atoms with Crippen LogP contribution in [0.5, 0.6) is 0 Å². The summed E-state index contributed by atoms with van der Waals surface area (Å²) in [4.78, 5) is 3.30. The van der Waals surface area contributed by atoms with E-state index in [4.69, 9.17) is 0 Å². The third-order valence-electron chi connectivity index (χ3n) is 3.95. The fourth-order valence-corrected chi connectivity index (χ4v) is 4.19. The summed E-state index contributed by atoms with van der Waals surface area (Å²) in [5.74, 6) is 0. The van der Waals surface area contributed by atoms with Crippen molar-refractivity contribution in [3.63, 3.8) is 0 Å². The van der Waals surface area contributed by atoms with Crippen LogP contribution in [0, 0.1) is 0 Å². The van der Waals surface area contributed by atoms with Crippen molar-refractivity contribution in [1.82, 2.24) is 10.2 Å². The maximum Gasteiger partial charge on any atom is 0.416 e. The molecule has 0 bridgehead atoms. The average Bonchev–Trinajstić information content (AvgIpc) is 3.03. The maximum absolute atomic E-state index is 13.1. The Bertz CT molecular complexity index is 658. The van der Waals surface area contributed by atoms with Gasteiger partial charge in [0.25, 0.3) is 0 Å². The van der Waals surface area contributed by atoms with E-state index in [1.807, 2.05) is 17.5 Å². The number of nitrogens with zero attached hydrogens (tertiary/aromatic N) is 1. The lowest BCUT2D eigenvalue weighted by Gasteiger charge is -2.35. The molecule has 1 aliphatic heterocycles. The third-order valence-corrected chi connectivity index (χ3v) is 5.59. The molecule has 0 radical (unpaired) electrons. The van der Waals surface area contributed by atoms with Gasteiger partial charge in [-0.05, 0) is 35.2 Å². The van der Waals surface area contributed by atoms with Crippen LogP contribution in [0.4, 0.5) is 13.2 Å². The first-order valence-electron chi connectivity index (χ1n) is 7.31. The molecule has 0 aliphatic carbocycles. The molecule has 2 nitrogen and oxygen atoms in total. The van der Waals surface area contributed by atoms with Gasteiger partial charge in [0.1, 0.15) is 0 Å². The molecule has 0 amide bonds. The Balaban J connectivity index is 0.00000208. The minimum atomic E-state index is -4.33. The monoisotopic (exact) mass is 440 g/mol. The Kier molecular flexibility index (Phi) is 6.73. The molecule has 0 spiro atoms. The van der Waals surface area contributed by atoms with Gasteiger partial charge in [-0.3, -0.25) is 4.90 Å². The smallest absolute Gasteiger partial charge is 0.314 e. The third kappa shape index (κ3) is 4.32. The van der Waals surface area contributed by atoms with Crippen molar-refractivity contribution in [1.29, 1.82) is 0 Å². The summed E-state index contributed by atoms with van der Waals surface area (Å²) < 4.78 is 40.0. The molecular weight excluding hydrogens is 425 g/mol. The van der Waals surface area contributed by atoms with Crippen molar-refractivity contribution < 1.29 is 13.2 Å². The summed E-state index contributed by atoms with van der Waals surface area (Å²) in [6.45, 7) is 3.31. The molecule has 1 fully saturated rings. The fourth-order valence-electron chi connectivity index (χ4n) is 2.85.